The molecular weight excluding hydrogens is 268 g/mol. The number of hydrogen-bond donors (Lipinski definition) is 1. The summed E-state index contributed by atoms with van der Waals surface area (Å²) in [6, 6.07) is 0. The monoisotopic (exact) mass is 308 g/mol. The maximum atomic E-state index is 10.2. The molecule has 0 heterocycles. The van der Waals surface area contributed by atoms with Crippen molar-refractivity contribution in [3.8, 4) is 0 Å². The van der Waals surface area contributed by atoms with Crippen molar-refractivity contribution in [3.63, 3.8) is 0 Å². The molecule has 22 heavy (non-hydrogen) atoms. The first-order chi connectivity index (χ1) is 10.7. The minimum Gasteiger partial charge on any atom is -0.389 e. The molecule has 130 valence electrons. The molecule has 1 aliphatic carbocycles. The third-order valence-electron chi connectivity index (χ3n) is 5.40. The molecule has 1 N–H and O–H groups in total. The number of unbranched alkanes of at least 4 members (excludes halogenated alkanes) is 6. The quantitative estimate of drug-likeness (QED) is 0.310. The van der Waals surface area contributed by atoms with E-state index in [2.05, 4.69) is 26.0 Å². The number of hydrogen-bond acceptors (Lipinski definition) is 1. The molecule has 1 aliphatic rings. The van der Waals surface area contributed by atoms with E-state index in [9.17, 15) is 5.11 Å². The minimum absolute atomic E-state index is 0.217. The van der Waals surface area contributed by atoms with Crippen LogP contribution in [0.15, 0.2) is 12.2 Å². The Kier molecular flexibility index (Phi) is 10.9. The van der Waals surface area contributed by atoms with E-state index < -0.39 is 0 Å². The van der Waals surface area contributed by atoms with Crippen molar-refractivity contribution in [2.45, 2.75) is 116 Å². The van der Waals surface area contributed by atoms with Crippen LogP contribution < -0.4 is 0 Å². The summed E-state index contributed by atoms with van der Waals surface area (Å²) < 4.78 is 0. The molecule has 0 aliphatic heterocycles. The Bertz CT molecular complexity index is 276. The van der Waals surface area contributed by atoms with Gasteiger partial charge in [-0.05, 0) is 31.1 Å². The van der Waals surface area contributed by atoms with Crippen LogP contribution in [-0.2, 0) is 0 Å². The highest BCUT2D eigenvalue weighted by atomic mass is 16.3. The van der Waals surface area contributed by atoms with Gasteiger partial charge < -0.3 is 5.11 Å². The Balaban J connectivity index is 2.41. The van der Waals surface area contributed by atoms with Gasteiger partial charge >= 0.3 is 0 Å². The lowest BCUT2D eigenvalue weighted by Gasteiger charge is -2.35. The zero-order chi connectivity index (χ0) is 16.1. The molecule has 0 aromatic rings. The molecule has 0 amide bonds. The van der Waals surface area contributed by atoms with Crippen LogP contribution in [0.2, 0.25) is 0 Å². The molecule has 0 aromatic heterocycles. The highest BCUT2D eigenvalue weighted by Crippen LogP contribution is 2.42. The van der Waals surface area contributed by atoms with Crippen LogP contribution in [0.4, 0.5) is 0 Å². The van der Waals surface area contributed by atoms with E-state index >= 15 is 0 Å². The maximum Gasteiger partial charge on any atom is 0.0721 e. The predicted octanol–water partition coefficient (Wildman–Crippen LogP) is 6.79. The van der Waals surface area contributed by atoms with Gasteiger partial charge in [0.2, 0.25) is 0 Å². The Morgan fingerprint density at radius 1 is 0.864 bits per heavy atom. The smallest absolute Gasteiger partial charge is 0.0721 e. The Labute approximate surface area is 139 Å². The average Bonchev–Trinajstić information content (AvgIpc) is 2.54. The van der Waals surface area contributed by atoms with Crippen molar-refractivity contribution in [1.82, 2.24) is 0 Å². The average molecular weight is 309 g/mol. The number of rotatable bonds is 12. The number of aliphatic hydroxyl groups excluding tert-OH is 1. The van der Waals surface area contributed by atoms with Crippen molar-refractivity contribution in [2.24, 2.45) is 5.41 Å². The second kappa shape index (κ2) is 12.2. The molecular formula is C21H40O. The van der Waals surface area contributed by atoms with Crippen LogP contribution in [0.25, 0.3) is 0 Å². The van der Waals surface area contributed by atoms with Crippen LogP contribution in [0, 0.1) is 5.41 Å². The number of aliphatic hydroxyl groups is 1. The van der Waals surface area contributed by atoms with Gasteiger partial charge in [-0.25, -0.2) is 0 Å². The van der Waals surface area contributed by atoms with Crippen molar-refractivity contribution in [1.29, 1.82) is 0 Å². The number of allylic oxidation sites excluding steroid dienone is 1. The van der Waals surface area contributed by atoms with Crippen LogP contribution in [0.1, 0.15) is 110 Å². The van der Waals surface area contributed by atoms with Gasteiger partial charge in [0.1, 0.15) is 0 Å². The van der Waals surface area contributed by atoms with E-state index in [4.69, 9.17) is 0 Å². The van der Waals surface area contributed by atoms with Crippen molar-refractivity contribution in [2.75, 3.05) is 0 Å². The molecule has 0 aromatic carbocycles. The molecule has 1 saturated carbocycles. The van der Waals surface area contributed by atoms with Gasteiger partial charge in [0.15, 0.2) is 0 Å². The summed E-state index contributed by atoms with van der Waals surface area (Å²) in [6.45, 7) is 4.50. The van der Waals surface area contributed by atoms with E-state index in [0.717, 1.165) is 12.8 Å². The van der Waals surface area contributed by atoms with Gasteiger partial charge in [0.25, 0.3) is 0 Å². The SMILES string of the molecule is CCCCCCCC1(C=CC(O)CCCCC)CCCCC1. The molecule has 0 radical (unpaired) electrons. The molecule has 1 nitrogen and oxygen atoms in total. The van der Waals surface area contributed by atoms with Crippen LogP contribution >= 0.6 is 0 Å². The zero-order valence-electron chi connectivity index (χ0n) is 15.3. The van der Waals surface area contributed by atoms with Crippen molar-refractivity contribution < 1.29 is 5.11 Å². The molecule has 0 saturated heterocycles. The van der Waals surface area contributed by atoms with Crippen LogP contribution in [0.5, 0.6) is 0 Å². The van der Waals surface area contributed by atoms with E-state index in [-0.39, 0.29) is 6.10 Å². The van der Waals surface area contributed by atoms with Gasteiger partial charge in [-0.1, -0.05) is 96.6 Å². The van der Waals surface area contributed by atoms with Gasteiger partial charge in [-0.2, -0.15) is 0 Å². The molecule has 1 rings (SSSR count). The lowest BCUT2D eigenvalue weighted by Crippen LogP contribution is -2.22. The third-order valence-corrected chi connectivity index (χ3v) is 5.40. The van der Waals surface area contributed by atoms with Crippen molar-refractivity contribution in [3.05, 3.63) is 12.2 Å². The van der Waals surface area contributed by atoms with Crippen LogP contribution in [-0.4, -0.2) is 11.2 Å². The first-order valence-electron chi connectivity index (χ1n) is 10.1. The first-order valence-corrected chi connectivity index (χ1v) is 10.1. The van der Waals surface area contributed by atoms with Gasteiger partial charge in [0.05, 0.1) is 6.10 Å². The summed E-state index contributed by atoms with van der Waals surface area (Å²) >= 11 is 0. The lowest BCUT2D eigenvalue weighted by atomic mass is 9.70. The summed E-state index contributed by atoms with van der Waals surface area (Å²) in [5.74, 6) is 0. The second-order valence-corrected chi connectivity index (χ2v) is 7.51. The normalized spacial score (nSPS) is 19.6. The van der Waals surface area contributed by atoms with Crippen LogP contribution in [0.3, 0.4) is 0 Å². The molecule has 1 heteroatoms. The molecule has 1 fully saturated rings. The highest BCUT2D eigenvalue weighted by Gasteiger charge is 2.28. The molecule has 1 atom stereocenters. The Morgan fingerprint density at radius 2 is 1.50 bits per heavy atom. The largest absolute Gasteiger partial charge is 0.389 e. The van der Waals surface area contributed by atoms with Gasteiger partial charge in [0, 0.05) is 0 Å². The van der Waals surface area contributed by atoms with E-state index in [1.54, 1.807) is 0 Å². The molecule has 0 bridgehead atoms. The van der Waals surface area contributed by atoms with E-state index in [1.807, 2.05) is 0 Å². The summed E-state index contributed by atoms with van der Waals surface area (Å²) in [7, 11) is 0. The fourth-order valence-electron chi connectivity index (χ4n) is 3.85. The zero-order valence-corrected chi connectivity index (χ0v) is 15.3. The summed E-state index contributed by atoms with van der Waals surface area (Å²) in [6.07, 6.45) is 24.0. The third kappa shape index (κ3) is 8.36. The second-order valence-electron chi connectivity index (χ2n) is 7.51. The van der Waals surface area contributed by atoms with E-state index in [1.165, 1.54) is 83.5 Å². The molecule has 1 unspecified atom stereocenters. The summed E-state index contributed by atoms with van der Waals surface area (Å²) in [5.41, 5.74) is 0.413. The minimum atomic E-state index is -0.217. The molecule has 0 spiro atoms. The Hall–Kier alpha value is -0.300. The fraction of sp³-hybridized carbons (Fsp3) is 0.905. The Morgan fingerprint density at radius 3 is 2.18 bits per heavy atom. The summed E-state index contributed by atoms with van der Waals surface area (Å²) in [4.78, 5) is 0. The first kappa shape index (κ1) is 19.7. The lowest BCUT2D eigenvalue weighted by molar-refractivity contribution is 0.198. The van der Waals surface area contributed by atoms with E-state index in [0.29, 0.717) is 5.41 Å². The predicted molar refractivity (Wildman–Crippen MR) is 98.2 cm³/mol. The standard InChI is InChI=1S/C21H40O/c1-3-5-7-8-11-16-21(17-12-9-13-18-21)19-15-20(22)14-10-6-4-2/h15,19-20,22H,3-14,16-18H2,1-2H3. The van der Waals surface area contributed by atoms with Gasteiger partial charge in [-0.15, -0.1) is 0 Å². The summed E-state index contributed by atoms with van der Waals surface area (Å²) in [5, 5.41) is 10.2. The topological polar surface area (TPSA) is 20.2 Å². The van der Waals surface area contributed by atoms with Crippen molar-refractivity contribution >= 4 is 0 Å². The highest BCUT2D eigenvalue weighted by molar-refractivity contribution is 5.03. The fourth-order valence-corrected chi connectivity index (χ4v) is 3.85. The maximum absolute atomic E-state index is 10.2. The van der Waals surface area contributed by atoms with Gasteiger partial charge in [-0.3, -0.25) is 0 Å².